The zero-order valence-corrected chi connectivity index (χ0v) is 10.7. The van der Waals surface area contributed by atoms with Crippen LogP contribution in [0.25, 0.3) is 17.1 Å². The monoisotopic (exact) mass is 271 g/mol. The van der Waals surface area contributed by atoms with Gasteiger partial charge in [0.1, 0.15) is 18.0 Å². The van der Waals surface area contributed by atoms with Crippen molar-refractivity contribution in [2.24, 2.45) is 0 Å². The quantitative estimate of drug-likeness (QED) is 0.714. The number of benzene rings is 2. The van der Waals surface area contributed by atoms with E-state index in [1.165, 1.54) is 18.5 Å². The third-order valence-corrected chi connectivity index (χ3v) is 3.09. The Morgan fingerprint density at radius 1 is 1.00 bits per heavy atom. The summed E-state index contributed by atoms with van der Waals surface area (Å²) in [5, 5.41) is 7.62. The fraction of sp³-hybridized carbons (Fsp3) is 0.0667. The van der Waals surface area contributed by atoms with E-state index in [0.29, 0.717) is 5.56 Å². The lowest BCUT2D eigenvalue weighted by Gasteiger charge is -2.09. The number of nitrogens with zero attached hydrogens (tertiary/aromatic N) is 3. The molecular formula is C15H11F2N3. The zero-order chi connectivity index (χ0) is 14.1. The van der Waals surface area contributed by atoms with E-state index < -0.39 is 11.6 Å². The van der Waals surface area contributed by atoms with Crippen molar-refractivity contribution in [2.45, 2.75) is 6.92 Å². The van der Waals surface area contributed by atoms with Crippen LogP contribution in [-0.2, 0) is 0 Å². The van der Waals surface area contributed by atoms with Crippen LogP contribution >= 0.6 is 0 Å². The van der Waals surface area contributed by atoms with E-state index in [2.05, 4.69) is 10.2 Å². The molecule has 3 aromatic rings. The highest BCUT2D eigenvalue weighted by atomic mass is 19.1. The summed E-state index contributed by atoms with van der Waals surface area (Å²) in [4.78, 5) is 0. The molecule has 0 aliphatic rings. The molecule has 0 saturated heterocycles. The molecule has 0 N–H and O–H groups in total. The van der Waals surface area contributed by atoms with Gasteiger partial charge in [-0.2, -0.15) is 0 Å². The van der Waals surface area contributed by atoms with Gasteiger partial charge >= 0.3 is 0 Å². The molecule has 0 unspecified atom stereocenters. The minimum absolute atomic E-state index is 0.148. The van der Waals surface area contributed by atoms with Crippen LogP contribution in [-0.4, -0.2) is 14.8 Å². The highest BCUT2D eigenvalue weighted by Crippen LogP contribution is 2.27. The molecule has 0 aliphatic carbocycles. The smallest absolute Gasteiger partial charge is 0.174 e. The summed E-state index contributed by atoms with van der Waals surface area (Å²) in [6.07, 6.45) is 1.44. The topological polar surface area (TPSA) is 30.7 Å². The zero-order valence-electron chi connectivity index (χ0n) is 10.7. The number of aryl methyl sites for hydroxylation is 1. The highest BCUT2D eigenvalue weighted by molar-refractivity contribution is 5.61. The van der Waals surface area contributed by atoms with E-state index in [9.17, 15) is 8.78 Å². The van der Waals surface area contributed by atoms with Crippen LogP contribution in [0.1, 0.15) is 5.56 Å². The van der Waals surface area contributed by atoms with Gasteiger partial charge in [0.2, 0.25) is 0 Å². The van der Waals surface area contributed by atoms with E-state index >= 15 is 0 Å². The van der Waals surface area contributed by atoms with Crippen molar-refractivity contribution in [1.82, 2.24) is 14.8 Å². The van der Waals surface area contributed by atoms with Gasteiger partial charge in [0.15, 0.2) is 5.82 Å². The molecule has 0 amide bonds. The second-order valence-electron chi connectivity index (χ2n) is 4.41. The number of halogens is 2. The fourth-order valence-corrected chi connectivity index (χ4v) is 2.04. The summed E-state index contributed by atoms with van der Waals surface area (Å²) in [6.45, 7) is 1.58. The van der Waals surface area contributed by atoms with Crippen LogP contribution in [0.15, 0.2) is 48.8 Å². The van der Waals surface area contributed by atoms with Gasteiger partial charge in [0.05, 0.1) is 5.56 Å². The Hall–Kier alpha value is -2.56. The van der Waals surface area contributed by atoms with Gasteiger partial charge in [-0.05, 0) is 30.7 Å². The first-order valence-corrected chi connectivity index (χ1v) is 6.09. The Kier molecular flexibility index (Phi) is 3.02. The molecule has 0 atom stereocenters. The molecule has 0 saturated carbocycles. The van der Waals surface area contributed by atoms with Crippen LogP contribution in [0.2, 0.25) is 0 Å². The van der Waals surface area contributed by atoms with Crippen LogP contribution in [0.4, 0.5) is 8.78 Å². The number of hydrogen-bond acceptors (Lipinski definition) is 2. The maximum absolute atomic E-state index is 14.2. The van der Waals surface area contributed by atoms with Crippen LogP contribution < -0.4 is 0 Å². The number of para-hydroxylation sites is 1. The summed E-state index contributed by atoms with van der Waals surface area (Å²) < 4.78 is 29.7. The molecule has 2 aromatic carbocycles. The van der Waals surface area contributed by atoms with Gasteiger partial charge < -0.3 is 0 Å². The van der Waals surface area contributed by atoms with Gasteiger partial charge in [-0.3, -0.25) is 4.57 Å². The second kappa shape index (κ2) is 4.85. The number of aromatic nitrogens is 3. The normalized spacial score (nSPS) is 10.8. The molecule has 0 bridgehead atoms. The molecule has 0 aliphatic heterocycles. The molecule has 0 fully saturated rings. The van der Waals surface area contributed by atoms with Gasteiger partial charge in [0, 0.05) is 5.69 Å². The maximum Gasteiger partial charge on any atom is 0.174 e. The molecule has 1 heterocycles. The van der Waals surface area contributed by atoms with Crippen molar-refractivity contribution in [3.63, 3.8) is 0 Å². The third kappa shape index (κ3) is 1.97. The maximum atomic E-state index is 14.2. The standard InChI is InChI=1S/C15H11F2N3/c1-10-7-8-12(16)13(14(10)17)15-19-18-9-20(15)11-5-3-2-4-6-11/h2-9H,1H3. The summed E-state index contributed by atoms with van der Waals surface area (Å²) in [6, 6.07) is 11.8. The molecular weight excluding hydrogens is 260 g/mol. The van der Waals surface area contributed by atoms with E-state index in [1.807, 2.05) is 30.3 Å². The second-order valence-corrected chi connectivity index (χ2v) is 4.41. The lowest BCUT2D eigenvalue weighted by Crippen LogP contribution is -2.01. The Morgan fingerprint density at radius 2 is 1.75 bits per heavy atom. The van der Waals surface area contributed by atoms with Gasteiger partial charge in [-0.25, -0.2) is 8.78 Å². The van der Waals surface area contributed by atoms with Crippen molar-refractivity contribution in [2.75, 3.05) is 0 Å². The summed E-state index contributed by atoms with van der Waals surface area (Å²) in [7, 11) is 0. The Bertz CT molecular complexity index is 751. The molecule has 20 heavy (non-hydrogen) atoms. The van der Waals surface area contributed by atoms with Crippen LogP contribution in [0, 0.1) is 18.6 Å². The van der Waals surface area contributed by atoms with E-state index in [1.54, 1.807) is 11.5 Å². The molecule has 0 radical (unpaired) electrons. The van der Waals surface area contributed by atoms with E-state index in [0.717, 1.165) is 5.69 Å². The largest absolute Gasteiger partial charge is 0.281 e. The molecule has 100 valence electrons. The fourth-order valence-electron chi connectivity index (χ4n) is 2.04. The van der Waals surface area contributed by atoms with Crippen LogP contribution in [0.3, 0.4) is 0 Å². The number of rotatable bonds is 2. The average Bonchev–Trinajstić information content (AvgIpc) is 2.94. The summed E-state index contributed by atoms with van der Waals surface area (Å²) >= 11 is 0. The number of hydrogen-bond donors (Lipinski definition) is 0. The first-order chi connectivity index (χ1) is 9.68. The predicted molar refractivity (Wildman–Crippen MR) is 71.4 cm³/mol. The highest BCUT2D eigenvalue weighted by Gasteiger charge is 2.19. The minimum atomic E-state index is -0.654. The minimum Gasteiger partial charge on any atom is -0.281 e. The van der Waals surface area contributed by atoms with Crippen molar-refractivity contribution in [1.29, 1.82) is 0 Å². The van der Waals surface area contributed by atoms with Gasteiger partial charge in [-0.1, -0.05) is 24.3 Å². The Labute approximate surface area is 114 Å². The van der Waals surface area contributed by atoms with E-state index in [4.69, 9.17) is 0 Å². The predicted octanol–water partition coefficient (Wildman–Crippen LogP) is 3.52. The summed E-state index contributed by atoms with van der Waals surface area (Å²) in [5.74, 6) is -1.12. The van der Waals surface area contributed by atoms with Gasteiger partial charge in [0.25, 0.3) is 0 Å². The molecule has 1 aromatic heterocycles. The Morgan fingerprint density at radius 3 is 2.50 bits per heavy atom. The first-order valence-electron chi connectivity index (χ1n) is 6.09. The molecule has 5 heteroatoms. The third-order valence-electron chi connectivity index (χ3n) is 3.09. The summed E-state index contributed by atoms with van der Waals surface area (Å²) in [5.41, 5.74) is 0.947. The molecule has 0 spiro atoms. The lowest BCUT2D eigenvalue weighted by atomic mass is 10.1. The first kappa shape index (κ1) is 12.5. The van der Waals surface area contributed by atoms with Crippen LogP contribution in [0.5, 0.6) is 0 Å². The van der Waals surface area contributed by atoms with Crippen molar-refractivity contribution in [3.05, 3.63) is 66.0 Å². The van der Waals surface area contributed by atoms with Crippen molar-refractivity contribution < 1.29 is 8.78 Å². The molecule has 3 nitrogen and oxygen atoms in total. The Balaban J connectivity index is 2.24. The van der Waals surface area contributed by atoms with E-state index in [-0.39, 0.29) is 11.4 Å². The van der Waals surface area contributed by atoms with Gasteiger partial charge in [-0.15, -0.1) is 10.2 Å². The molecule has 3 rings (SSSR count). The lowest BCUT2D eigenvalue weighted by molar-refractivity contribution is 0.581. The SMILES string of the molecule is Cc1ccc(F)c(-c2nncn2-c2ccccc2)c1F. The van der Waals surface area contributed by atoms with Crippen molar-refractivity contribution in [3.8, 4) is 17.1 Å². The van der Waals surface area contributed by atoms with Crippen molar-refractivity contribution >= 4 is 0 Å². The average molecular weight is 271 g/mol.